The van der Waals surface area contributed by atoms with Crippen LogP contribution in [0.4, 0.5) is 4.39 Å². The van der Waals surface area contributed by atoms with Crippen LogP contribution >= 0.6 is 12.4 Å². The summed E-state index contributed by atoms with van der Waals surface area (Å²) in [6, 6.07) is 5.43. The summed E-state index contributed by atoms with van der Waals surface area (Å²) in [5.74, 6) is 0.665. The highest BCUT2D eigenvalue weighted by molar-refractivity contribution is 5.85. The zero-order valence-electron chi connectivity index (χ0n) is 11.8. The molecule has 0 spiro atoms. The van der Waals surface area contributed by atoms with Crippen LogP contribution in [-0.2, 0) is 13.0 Å². The Morgan fingerprint density at radius 1 is 1.42 bits per heavy atom. The molecule has 1 atom stereocenters. The summed E-state index contributed by atoms with van der Waals surface area (Å²) in [5.41, 5.74) is 2.04. The molecule has 1 heterocycles. The van der Waals surface area contributed by atoms with E-state index in [2.05, 4.69) is 17.1 Å². The molecule has 1 aliphatic rings. The van der Waals surface area contributed by atoms with Gasteiger partial charge in [0, 0.05) is 18.7 Å². The third-order valence-electron chi connectivity index (χ3n) is 3.84. The van der Waals surface area contributed by atoms with Gasteiger partial charge in [0.05, 0.1) is 0 Å². The zero-order chi connectivity index (χ0) is 13.0. The third kappa shape index (κ3) is 4.16. The van der Waals surface area contributed by atoms with Gasteiger partial charge in [-0.1, -0.05) is 19.1 Å². The summed E-state index contributed by atoms with van der Waals surface area (Å²) in [6.07, 6.45) is 2.12. The van der Waals surface area contributed by atoms with Crippen molar-refractivity contribution >= 4 is 12.4 Å². The second-order valence-electron chi connectivity index (χ2n) is 5.18. The van der Waals surface area contributed by atoms with Gasteiger partial charge < -0.3 is 5.32 Å². The van der Waals surface area contributed by atoms with Crippen molar-refractivity contribution in [3.63, 3.8) is 0 Å². The minimum Gasteiger partial charge on any atom is -0.319 e. The molecule has 1 saturated heterocycles. The molecule has 0 aromatic heterocycles. The van der Waals surface area contributed by atoms with E-state index in [-0.39, 0.29) is 18.2 Å². The lowest BCUT2D eigenvalue weighted by Crippen LogP contribution is -2.25. The second-order valence-corrected chi connectivity index (χ2v) is 5.18. The van der Waals surface area contributed by atoms with Crippen molar-refractivity contribution in [1.29, 1.82) is 0 Å². The van der Waals surface area contributed by atoms with Crippen LogP contribution in [-0.4, -0.2) is 31.6 Å². The van der Waals surface area contributed by atoms with Gasteiger partial charge in [-0.2, -0.15) is 0 Å². The Bertz CT molecular complexity index is 398. The molecule has 1 aromatic carbocycles. The molecule has 1 aliphatic heterocycles. The van der Waals surface area contributed by atoms with E-state index in [0.29, 0.717) is 5.92 Å². The lowest BCUT2D eigenvalue weighted by molar-refractivity contribution is 0.309. The highest BCUT2D eigenvalue weighted by Crippen LogP contribution is 2.22. The molecule has 1 aromatic rings. The van der Waals surface area contributed by atoms with Crippen molar-refractivity contribution in [2.45, 2.75) is 26.3 Å². The summed E-state index contributed by atoms with van der Waals surface area (Å²) >= 11 is 0. The van der Waals surface area contributed by atoms with Crippen LogP contribution in [0.25, 0.3) is 0 Å². The van der Waals surface area contributed by atoms with Gasteiger partial charge in [0.15, 0.2) is 0 Å². The minimum atomic E-state index is -0.0496. The number of halogens is 2. The van der Waals surface area contributed by atoms with Gasteiger partial charge in [0.2, 0.25) is 0 Å². The fourth-order valence-electron chi connectivity index (χ4n) is 2.85. The molecular weight excluding hydrogens is 263 g/mol. The maximum absolute atomic E-state index is 13.9. The summed E-state index contributed by atoms with van der Waals surface area (Å²) < 4.78 is 13.9. The average Bonchev–Trinajstić information content (AvgIpc) is 2.80. The number of likely N-dealkylation sites (tertiary alicyclic amines) is 1. The summed E-state index contributed by atoms with van der Waals surface area (Å²) in [5, 5.41) is 3.23. The fourth-order valence-corrected chi connectivity index (χ4v) is 2.85. The van der Waals surface area contributed by atoms with Crippen molar-refractivity contribution in [3.8, 4) is 0 Å². The van der Waals surface area contributed by atoms with Gasteiger partial charge in [-0.25, -0.2) is 4.39 Å². The van der Waals surface area contributed by atoms with E-state index < -0.39 is 0 Å². The molecule has 1 unspecified atom stereocenters. The molecule has 0 saturated carbocycles. The summed E-state index contributed by atoms with van der Waals surface area (Å²) in [4.78, 5) is 2.37. The Labute approximate surface area is 121 Å². The summed E-state index contributed by atoms with van der Waals surface area (Å²) in [7, 11) is 1.99. The maximum Gasteiger partial charge on any atom is 0.127 e. The molecule has 0 aliphatic carbocycles. The Morgan fingerprint density at radius 2 is 2.21 bits per heavy atom. The number of nitrogens with one attached hydrogen (secondary N) is 1. The quantitative estimate of drug-likeness (QED) is 0.895. The molecule has 4 heteroatoms. The van der Waals surface area contributed by atoms with Crippen LogP contribution in [0.5, 0.6) is 0 Å². The maximum atomic E-state index is 13.9. The highest BCUT2D eigenvalue weighted by atomic mass is 35.5. The van der Waals surface area contributed by atoms with Gasteiger partial charge in [-0.05, 0) is 50.5 Å². The van der Waals surface area contributed by atoms with Crippen LogP contribution < -0.4 is 5.32 Å². The highest BCUT2D eigenvalue weighted by Gasteiger charge is 2.23. The largest absolute Gasteiger partial charge is 0.319 e. The van der Waals surface area contributed by atoms with Crippen LogP contribution in [0.2, 0.25) is 0 Å². The van der Waals surface area contributed by atoms with E-state index in [1.807, 2.05) is 19.2 Å². The molecule has 0 amide bonds. The molecule has 0 bridgehead atoms. The number of hydrogen-bond donors (Lipinski definition) is 1. The molecule has 108 valence electrons. The Kier molecular flexibility index (Phi) is 6.76. The predicted octanol–water partition coefficient (Wildman–Crippen LogP) is 2.85. The standard InChI is InChI=1S/C15H23FN2.ClH/c1-3-13-5-4-6-15(16)14(13)11-18-8-7-12(10-18)9-17-2;/h4-6,12,17H,3,7-11H2,1-2H3;1H. The molecule has 2 rings (SSSR count). The van der Waals surface area contributed by atoms with Gasteiger partial charge >= 0.3 is 0 Å². The number of nitrogens with zero attached hydrogens (tertiary/aromatic N) is 1. The molecule has 19 heavy (non-hydrogen) atoms. The molecular formula is C15H24ClFN2. The normalized spacial score (nSPS) is 19.4. The lowest BCUT2D eigenvalue weighted by Gasteiger charge is -2.18. The molecule has 0 radical (unpaired) electrons. The van der Waals surface area contributed by atoms with Crippen molar-refractivity contribution in [1.82, 2.24) is 10.2 Å². The van der Waals surface area contributed by atoms with E-state index in [1.54, 1.807) is 6.07 Å². The summed E-state index contributed by atoms with van der Waals surface area (Å²) in [6.45, 7) is 6.08. The third-order valence-corrected chi connectivity index (χ3v) is 3.84. The van der Waals surface area contributed by atoms with Crippen LogP contribution in [0, 0.1) is 11.7 Å². The zero-order valence-corrected chi connectivity index (χ0v) is 12.6. The SMILES string of the molecule is CCc1cccc(F)c1CN1CCC(CNC)C1.Cl. The monoisotopic (exact) mass is 286 g/mol. The van der Waals surface area contributed by atoms with E-state index in [0.717, 1.165) is 43.7 Å². The van der Waals surface area contributed by atoms with Crippen molar-refractivity contribution in [2.24, 2.45) is 5.92 Å². The number of rotatable bonds is 5. The van der Waals surface area contributed by atoms with E-state index in [1.165, 1.54) is 6.42 Å². The first-order chi connectivity index (χ1) is 8.74. The Hall–Kier alpha value is -0.640. The lowest BCUT2D eigenvalue weighted by atomic mass is 10.0. The van der Waals surface area contributed by atoms with Crippen molar-refractivity contribution < 1.29 is 4.39 Å². The first-order valence-electron chi connectivity index (χ1n) is 6.87. The van der Waals surface area contributed by atoms with Gasteiger partial charge in [-0.3, -0.25) is 4.90 Å². The Balaban J connectivity index is 0.00000180. The topological polar surface area (TPSA) is 15.3 Å². The van der Waals surface area contributed by atoms with Crippen molar-refractivity contribution in [3.05, 3.63) is 35.1 Å². The van der Waals surface area contributed by atoms with Crippen LogP contribution in [0.15, 0.2) is 18.2 Å². The average molecular weight is 287 g/mol. The number of benzene rings is 1. The van der Waals surface area contributed by atoms with Gasteiger partial charge in [-0.15, -0.1) is 12.4 Å². The first-order valence-corrected chi connectivity index (χ1v) is 6.87. The minimum absolute atomic E-state index is 0. The number of aryl methyl sites for hydroxylation is 1. The van der Waals surface area contributed by atoms with Crippen molar-refractivity contribution in [2.75, 3.05) is 26.7 Å². The van der Waals surface area contributed by atoms with E-state index in [4.69, 9.17) is 0 Å². The predicted molar refractivity (Wildman–Crippen MR) is 80.3 cm³/mol. The fraction of sp³-hybridized carbons (Fsp3) is 0.600. The van der Waals surface area contributed by atoms with Crippen LogP contribution in [0.3, 0.4) is 0 Å². The van der Waals surface area contributed by atoms with Crippen LogP contribution in [0.1, 0.15) is 24.5 Å². The van der Waals surface area contributed by atoms with E-state index >= 15 is 0 Å². The molecule has 1 fully saturated rings. The van der Waals surface area contributed by atoms with Gasteiger partial charge in [0.1, 0.15) is 5.82 Å². The van der Waals surface area contributed by atoms with Gasteiger partial charge in [0.25, 0.3) is 0 Å². The Morgan fingerprint density at radius 3 is 2.89 bits per heavy atom. The molecule has 2 nitrogen and oxygen atoms in total. The smallest absolute Gasteiger partial charge is 0.127 e. The van der Waals surface area contributed by atoms with E-state index in [9.17, 15) is 4.39 Å². The number of hydrogen-bond acceptors (Lipinski definition) is 2. The first kappa shape index (κ1) is 16.4. The molecule has 1 N–H and O–H groups in total. The second kappa shape index (κ2) is 7.83.